The molecule has 210 valence electrons. The van der Waals surface area contributed by atoms with Gasteiger partial charge in [0, 0.05) is 35.8 Å². The molecule has 41 heavy (non-hydrogen) atoms. The maximum atomic E-state index is 14.3. The van der Waals surface area contributed by atoms with Gasteiger partial charge in [0.1, 0.15) is 0 Å². The number of hydrogen-bond acceptors (Lipinski definition) is 5. The molecular weight excluding hydrogens is 532 g/mol. The molecule has 4 N–H and O–H groups in total. The van der Waals surface area contributed by atoms with Crippen molar-refractivity contribution in [2.45, 2.75) is 57.7 Å². The van der Waals surface area contributed by atoms with E-state index in [2.05, 4.69) is 10.6 Å². The van der Waals surface area contributed by atoms with Gasteiger partial charge in [-0.15, -0.1) is 11.3 Å². The molecule has 2 aliphatic rings. The third kappa shape index (κ3) is 5.76. The lowest BCUT2D eigenvalue weighted by Crippen LogP contribution is -2.45. The van der Waals surface area contributed by atoms with Crippen LogP contribution in [0.3, 0.4) is 0 Å². The molecule has 0 saturated heterocycles. The lowest BCUT2D eigenvalue weighted by molar-refractivity contribution is -0.116. The third-order valence-electron chi connectivity index (χ3n) is 8.25. The summed E-state index contributed by atoms with van der Waals surface area (Å²) in [6, 6.07) is 22.7. The fourth-order valence-corrected chi connectivity index (χ4v) is 7.16. The maximum absolute atomic E-state index is 14.3. The number of anilines is 2. The minimum Gasteiger partial charge on any atom is -0.348 e. The van der Waals surface area contributed by atoms with Crippen LogP contribution in [0.25, 0.3) is 10.1 Å². The number of amides is 3. The lowest BCUT2D eigenvalue weighted by Gasteiger charge is -2.37. The lowest BCUT2D eigenvalue weighted by atomic mass is 9.81. The Morgan fingerprint density at radius 2 is 1.76 bits per heavy atom. The first-order chi connectivity index (χ1) is 20.0. The second-order valence-corrected chi connectivity index (χ2v) is 12.1. The zero-order chi connectivity index (χ0) is 28.3. The van der Waals surface area contributed by atoms with Crippen molar-refractivity contribution in [3.8, 4) is 0 Å². The van der Waals surface area contributed by atoms with Crippen molar-refractivity contribution in [3.63, 3.8) is 0 Å². The van der Waals surface area contributed by atoms with E-state index in [0.717, 1.165) is 46.9 Å². The first-order valence-electron chi connectivity index (χ1n) is 14.3. The summed E-state index contributed by atoms with van der Waals surface area (Å²) in [5.41, 5.74) is 9.26. The van der Waals surface area contributed by atoms with Gasteiger partial charge in [-0.25, -0.2) is 0 Å². The summed E-state index contributed by atoms with van der Waals surface area (Å²) in [6.07, 6.45) is 5.62. The Labute approximate surface area is 243 Å². The van der Waals surface area contributed by atoms with Crippen LogP contribution in [0.5, 0.6) is 0 Å². The second kappa shape index (κ2) is 11.8. The van der Waals surface area contributed by atoms with Crippen LogP contribution in [0, 0.1) is 5.92 Å². The molecule has 7 nitrogen and oxygen atoms in total. The van der Waals surface area contributed by atoms with Crippen molar-refractivity contribution in [3.05, 3.63) is 94.4 Å². The van der Waals surface area contributed by atoms with Crippen molar-refractivity contribution >= 4 is 50.5 Å². The molecule has 1 unspecified atom stereocenters. The molecular formula is C33H34N4O3S. The average molecular weight is 567 g/mol. The van der Waals surface area contributed by atoms with E-state index in [1.54, 1.807) is 12.1 Å². The zero-order valence-electron chi connectivity index (χ0n) is 22.9. The Hall–Kier alpha value is -4.01. The highest BCUT2D eigenvalue weighted by Crippen LogP contribution is 2.40. The molecule has 1 fully saturated rings. The molecule has 0 radical (unpaired) electrons. The average Bonchev–Trinajstić information content (AvgIpc) is 3.38. The van der Waals surface area contributed by atoms with Crippen LogP contribution in [0.15, 0.2) is 72.8 Å². The molecule has 1 aliphatic heterocycles. The Morgan fingerprint density at radius 3 is 2.56 bits per heavy atom. The molecule has 6 rings (SSSR count). The van der Waals surface area contributed by atoms with Gasteiger partial charge in [-0.3, -0.25) is 14.4 Å². The highest BCUT2D eigenvalue weighted by Gasteiger charge is 2.38. The number of nitrogens with one attached hydrogen (secondary N) is 2. The van der Waals surface area contributed by atoms with E-state index in [4.69, 9.17) is 5.73 Å². The number of carbonyl (C=O) groups is 3. The Kier molecular flexibility index (Phi) is 7.85. The van der Waals surface area contributed by atoms with Crippen molar-refractivity contribution in [2.75, 3.05) is 10.2 Å². The molecule has 3 aromatic carbocycles. The molecule has 2 heterocycles. The van der Waals surface area contributed by atoms with Crippen LogP contribution < -0.4 is 21.3 Å². The summed E-state index contributed by atoms with van der Waals surface area (Å²) in [5.74, 6) is -0.247. The number of rotatable bonds is 6. The second-order valence-electron chi connectivity index (χ2n) is 11.0. The van der Waals surface area contributed by atoms with Crippen LogP contribution in [-0.4, -0.2) is 23.8 Å². The highest BCUT2D eigenvalue weighted by molar-refractivity contribution is 7.20. The molecule has 3 amide bonds. The van der Waals surface area contributed by atoms with Gasteiger partial charge in [0.2, 0.25) is 5.91 Å². The van der Waals surface area contributed by atoms with E-state index in [9.17, 15) is 14.4 Å². The third-order valence-corrected chi connectivity index (χ3v) is 9.35. The summed E-state index contributed by atoms with van der Waals surface area (Å²) >= 11 is 1.48. The van der Waals surface area contributed by atoms with Crippen LogP contribution in [0.4, 0.5) is 11.4 Å². The standard InChI is InChI=1S/C33H34N4O3S/c34-19-21-7-6-8-22(15-21)20-35-32(39)25-13-14-27-26(16-25)36-31(38)18-28(23-9-2-1-3-10-23)37(27)33(40)30-17-24-11-4-5-12-29(24)41-30/h4-8,11-17,23,28H,1-3,9-10,18-20,34H2,(H,35,39)(H,36,38). The van der Waals surface area contributed by atoms with Gasteiger partial charge in [0.25, 0.3) is 11.8 Å². The molecule has 1 aliphatic carbocycles. The number of fused-ring (bicyclic) bond motifs is 2. The molecule has 8 heteroatoms. The topological polar surface area (TPSA) is 105 Å². The van der Waals surface area contributed by atoms with Crippen molar-refractivity contribution in [1.82, 2.24) is 5.32 Å². The van der Waals surface area contributed by atoms with Crippen LogP contribution in [0.2, 0.25) is 0 Å². The van der Waals surface area contributed by atoms with Gasteiger partial charge >= 0.3 is 0 Å². The van der Waals surface area contributed by atoms with Gasteiger partial charge < -0.3 is 21.3 Å². The molecule has 0 spiro atoms. The number of hydrogen-bond donors (Lipinski definition) is 3. The largest absolute Gasteiger partial charge is 0.348 e. The molecule has 4 aromatic rings. The SMILES string of the molecule is NCc1cccc(CNC(=O)c2ccc3c(c2)NC(=O)CC(C2CCCCC2)N3C(=O)c2cc3ccccc3s2)c1. The summed E-state index contributed by atoms with van der Waals surface area (Å²) in [7, 11) is 0. The summed E-state index contributed by atoms with van der Waals surface area (Å²) in [5, 5.41) is 7.01. The number of benzene rings is 3. The number of carbonyl (C=O) groups excluding carboxylic acids is 3. The predicted molar refractivity (Wildman–Crippen MR) is 164 cm³/mol. The van der Waals surface area contributed by atoms with E-state index in [-0.39, 0.29) is 36.1 Å². The highest BCUT2D eigenvalue weighted by atomic mass is 32.1. The van der Waals surface area contributed by atoms with Crippen LogP contribution in [0.1, 0.15) is 69.7 Å². The van der Waals surface area contributed by atoms with Crippen molar-refractivity contribution < 1.29 is 14.4 Å². The van der Waals surface area contributed by atoms with Crippen molar-refractivity contribution in [2.24, 2.45) is 11.7 Å². The Balaban J connectivity index is 1.33. The van der Waals surface area contributed by atoms with Gasteiger partial charge in [-0.2, -0.15) is 0 Å². The summed E-state index contributed by atoms with van der Waals surface area (Å²) in [6.45, 7) is 0.793. The predicted octanol–water partition coefficient (Wildman–Crippen LogP) is 6.23. The minimum absolute atomic E-state index is 0.100. The first kappa shape index (κ1) is 27.2. The van der Waals surface area contributed by atoms with E-state index in [0.29, 0.717) is 34.9 Å². The van der Waals surface area contributed by atoms with E-state index in [1.807, 2.05) is 65.6 Å². The van der Waals surface area contributed by atoms with Crippen LogP contribution >= 0.6 is 11.3 Å². The Morgan fingerprint density at radius 1 is 0.951 bits per heavy atom. The molecule has 1 atom stereocenters. The number of thiophene rings is 1. The first-order valence-corrected chi connectivity index (χ1v) is 15.1. The fraction of sp³-hybridized carbons (Fsp3) is 0.303. The van der Waals surface area contributed by atoms with Gasteiger partial charge in [0.05, 0.1) is 16.3 Å². The van der Waals surface area contributed by atoms with Gasteiger partial charge in [0.15, 0.2) is 0 Å². The minimum atomic E-state index is -0.254. The maximum Gasteiger partial charge on any atom is 0.268 e. The smallest absolute Gasteiger partial charge is 0.268 e. The molecule has 1 aromatic heterocycles. The normalized spacial score (nSPS) is 17.5. The van der Waals surface area contributed by atoms with E-state index >= 15 is 0 Å². The van der Waals surface area contributed by atoms with E-state index < -0.39 is 0 Å². The van der Waals surface area contributed by atoms with Gasteiger partial charge in [-0.1, -0.05) is 61.7 Å². The van der Waals surface area contributed by atoms with Crippen molar-refractivity contribution in [1.29, 1.82) is 0 Å². The zero-order valence-corrected chi connectivity index (χ0v) is 23.7. The quantitative estimate of drug-likeness (QED) is 0.257. The number of nitrogens with zero attached hydrogens (tertiary/aromatic N) is 1. The van der Waals surface area contributed by atoms with Gasteiger partial charge in [-0.05, 0) is 65.6 Å². The summed E-state index contributed by atoms with van der Waals surface area (Å²) in [4.78, 5) is 43.2. The fourth-order valence-electron chi connectivity index (χ4n) is 6.16. The van der Waals surface area contributed by atoms with Crippen LogP contribution in [-0.2, 0) is 17.9 Å². The Bertz CT molecular complexity index is 1570. The monoisotopic (exact) mass is 566 g/mol. The molecule has 0 bridgehead atoms. The van der Waals surface area contributed by atoms with E-state index in [1.165, 1.54) is 17.8 Å². The summed E-state index contributed by atoms with van der Waals surface area (Å²) < 4.78 is 1.05. The molecule has 1 saturated carbocycles. The number of nitrogens with two attached hydrogens (primary N) is 1.